The van der Waals surface area contributed by atoms with Crippen LogP contribution >= 0.6 is 15.9 Å². The van der Waals surface area contributed by atoms with Gasteiger partial charge >= 0.3 is 0 Å². The summed E-state index contributed by atoms with van der Waals surface area (Å²) in [7, 11) is 1.74. The molecule has 0 spiro atoms. The molecule has 1 aliphatic carbocycles. The highest BCUT2D eigenvalue weighted by Crippen LogP contribution is 2.41. The molecule has 3 rings (SSSR count). The van der Waals surface area contributed by atoms with Gasteiger partial charge < -0.3 is 4.74 Å². The summed E-state index contributed by atoms with van der Waals surface area (Å²) in [6, 6.07) is 13.3. The van der Waals surface area contributed by atoms with Crippen molar-refractivity contribution in [1.82, 2.24) is 0 Å². The van der Waals surface area contributed by atoms with E-state index in [4.69, 9.17) is 4.74 Å². The third kappa shape index (κ3) is 2.74. The highest BCUT2D eigenvalue weighted by atomic mass is 79.9. The van der Waals surface area contributed by atoms with E-state index >= 15 is 0 Å². The van der Waals surface area contributed by atoms with Gasteiger partial charge in [-0.1, -0.05) is 52.3 Å². The van der Waals surface area contributed by atoms with E-state index in [1.165, 1.54) is 27.8 Å². The number of fused-ring (bicyclic) bond motifs is 1. The summed E-state index contributed by atoms with van der Waals surface area (Å²) >= 11 is 3.95. The molecule has 2 aromatic rings. The first kappa shape index (κ1) is 14.6. The fourth-order valence-corrected chi connectivity index (χ4v) is 4.18. The number of ether oxygens (including phenoxy) is 1. The highest BCUT2D eigenvalue weighted by molar-refractivity contribution is 9.09. The summed E-state index contributed by atoms with van der Waals surface area (Å²) in [4.78, 5) is 0.396. The summed E-state index contributed by atoms with van der Waals surface area (Å²) in [6.45, 7) is 4.25. The van der Waals surface area contributed by atoms with E-state index < -0.39 is 0 Å². The number of alkyl halides is 1. The predicted molar refractivity (Wildman–Crippen MR) is 91.5 cm³/mol. The van der Waals surface area contributed by atoms with Crippen LogP contribution in [0.4, 0.5) is 0 Å². The van der Waals surface area contributed by atoms with Gasteiger partial charge in [0.15, 0.2) is 0 Å². The highest BCUT2D eigenvalue weighted by Gasteiger charge is 2.28. The molecular weight excluding hydrogens is 324 g/mol. The smallest absolute Gasteiger partial charge is 0.124 e. The van der Waals surface area contributed by atoms with Crippen LogP contribution in [0.25, 0.3) is 0 Å². The van der Waals surface area contributed by atoms with Crippen LogP contribution in [-0.4, -0.2) is 7.11 Å². The Hall–Kier alpha value is -1.28. The lowest BCUT2D eigenvalue weighted by Gasteiger charge is -2.20. The van der Waals surface area contributed by atoms with Gasteiger partial charge in [0.2, 0.25) is 0 Å². The van der Waals surface area contributed by atoms with Crippen molar-refractivity contribution in [2.45, 2.75) is 31.5 Å². The van der Waals surface area contributed by atoms with E-state index in [0.29, 0.717) is 10.7 Å². The zero-order valence-electron chi connectivity index (χ0n) is 12.8. The van der Waals surface area contributed by atoms with Crippen molar-refractivity contribution >= 4 is 15.9 Å². The zero-order valence-corrected chi connectivity index (χ0v) is 14.4. The molecule has 0 aliphatic heterocycles. The average molecular weight is 345 g/mol. The number of methoxy groups -OCH3 is 1. The van der Waals surface area contributed by atoms with E-state index in [-0.39, 0.29) is 0 Å². The Balaban J connectivity index is 1.86. The Kier molecular flexibility index (Phi) is 4.08. The van der Waals surface area contributed by atoms with Gasteiger partial charge in [0.25, 0.3) is 0 Å². The topological polar surface area (TPSA) is 9.23 Å². The minimum atomic E-state index is 0.396. The molecule has 0 fully saturated rings. The molecule has 0 saturated carbocycles. The second kappa shape index (κ2) is 5.84. The molecule has 0 bridgehead atoms. The lowest BCUT2D eigenvalue weighted by atomic mass is 9.94. The molecule has 0 radical (unpaired) electrons. The Morgan fingerprint density at radius 1 is 1.05 bits per heavy atom. The van der Waals surface area contributed by atoms with Crippen LogP contribution < -0.4 is 4.74 Å². The number of rotatable bonds is 3. The van der Waals surface area contributed by atoms with Gasteiger partial charge in [-0.15, -0.1) is 0 Å². The van der Waals surface area contributed by atoms with Gasteiger partial charge in [0.05, 0.1) is 7.11 Å². The minimum absolute atomic E-state index is 0.396. The van der Waals surface area contributed by atoms with Gasteiger partial charge in [0.1, 0.15) is 5.75 Å². The number of benzene rings is 2. The van der Waals surface area contributed by atoms with Crippen molar-refractivity contribution in [3.05, 3.63) is 64.2 Å². The Morgan fingerprint density at radius 2 is 1.57 bits per heavy atom. The summed E-state index contributed by atoms with van der Waals surface area (Å²) in [5.74, 6) is 1.64. The fourth-order valence-electron chi connectivity index (χ4n) is 3.54. The number of aryl methyl sites for hydroxylation is 2. The normalized spacial score (nSPS) is 15.8. The summed E-state index contributed by atoms with van der Waals surface area (Å²) in [5, 5.41) is 0. The largest absolute Gasteiger partial charge is 0.496 e. The van der Waals surface area contributed by atoms with E-state index in [1.54, 1.807) is 7.11 Å². The third-order valence-electron chi connectivity index (χ3n) is 4.50. The van der Waals surface area contributed by atoms with E-state index in [1.807, 2.05) is 0 Å². The molecule has 21 heavy (non-hydrogen) atoms. The van der Waals surface area contributed by atoms with Crippen molar-refractivity contribution in [1.29, 1.82) is 0 Å². The maximum atomic E-state index is 5.47. The number of halogens is 1. The fraction of sp³-hybridized carbons (Fsp3) is 0.368. The standard InChI is InChI=1S/C19H21BrO/c1-12-8-16(9-13(2)19(12)21-3)18(20)17-10-14-6-4-5-7-15(14)11-17/h4-9,17-18H,10-11H2,1-3H3. The Labute approximate surface area is 135 Å². The molecule has 1 unspecified atom stereocenters. The van der Waals surface area contributed by atoms with E-state index in [0.717, 1.165) is 18.6 Å². The molecule has 1 nitrogen and oxygen atoms in total. The van der Waals surface area contributed by atoms with Crippen LogP contribution in [0.3, 0.4) is 0 Å². The molecule has 0 heterocycles. The Morgan fingerprint density at radius 3 is 2.05 bits per heavy atom. The average Bonchev–Trinajstić information content (AvgIpc) is 2.90. The van der Waals surface area contributed by atoms with Crippen LogP contribution in [-0.2, 0) is 12.8 Å². The molecule has 1 aliphatic rings. The summed E-state index contributed by atoms with van der Waals surface area (Å²) < 4.78 is 5.47. The van der Waals surface area contributed by atoms with Gasteiger partial charge in [-0.25, -0.2) is 0 Å². The Bertz CT molecular complexity index is 614. The zero-order chi connectivity index (χ0) is 15.0. The van der Waals surface area contributed by atoms with Crippen molar-refractivity contribution in [2.75, 3.05) is 7.11 Å². The van der Waals surface area contributed by atoms with Crippen molar-refractivity contribution < 1.29 is 4.74 Å². The SMILES string of the molecule is COc1c(C)cc(C(Br)C2Cc3ccccc3C2)cc1C. The van der Waals surface area contributed by atoms with Gasteiger partial charge in [0, 0.05) is 4.83 Å². The molecule has 0 saturated heterocycles. The molecule has 2 heteroatoms. The summed E-state index contributed by atoms with van der Waals surface area (Å²) in [6.07, 6.45) is 2.33. The lowest BCUT2D eigenvalue weighted by Crippen LogP contribution is -2.08. The van der Waals surface area contributed by atoms with Gasteiger partial charge in [-0.05, 0) is 60.4 Å². The monoisotopic (exact) mass is 344 g/mol. The van der Waals surface area contributed by atoms with E-state index in [2.05, 4.69) is 66.2 Å². The van der Waals surface area contributed by atoms with Crippen LogP contribution in [0.5, 0.6) is 5.75 Å². The molecule has 0 amide bonds. The first-order chi connectivity index (χ1) is 10.1. The summed E-state index contributed by atoms with van der Waals surface area (Å²) in [5.41, 5.74) is 6.81. The maximum Gasteiger partial charge on any atom is 0.124 e. The molecule has 0 N–H and O–H groups in total. The van der Waals surface area contributed by atoms with Crippen molar-refractivity contribution in [2.24, 2.45) is 5.92 Å². The lowest BCUT2D eigenvalue weighted by molar-refractivity contribution is 0.408. The first-order valence-electron chi connectivity index (χ1n) is 7.46. The molecular formula is C19H21BrO. The molecule has 1 atom stereocenters. The first-order valence-corrected chi connectivity index (χ1v) is 8.37. The second-order valence-corrected chi connectivity index (χ2v) is 7.01. The van der Waals surface area contributed by atoms with Gasteiger partial charge in [-0.3, -0.25) is 0 Å². The second-order valence-electron chi connectivity index (χ2n) is 6.03. The van der Waals surface area contributed by atoms with Crippen LogP contribution in [0.1, 0.15) is 32.6 Å². The maximum absolute atomic E-state index is 5.47. The van der Waals surface area contributed by atoms with Crippen molar-refractivity contribution in [3.8, 4) is 5.75 Å². The third-order valence-corrected chi connectivity index (χ3v) is 5.78. The molecule has 2 aromatic carbocycles. The minimum Gasteiger partial charge on any atom is -0.496 e. The predicted octanol–water partition coefficient (Wildman–Crippen LogP) is 5.16. The number of hydrogen-bond acceptors (Lipinski definition) is 1. The molecule has 0 aromatic heterocycles. The quantitative estimate of drug-likeness (QED) is 0.698. The van der Waals surface area contributed by atoms with Crippen LogP contribution in [0.2, 0.25) is 0 Å². The van der Waals surface area contributed by atoms with Crippen LogP contribution in [0.15, 0.2) is 36.4 Å². The van der Waals surface area contributed by atoms with Crippen molar-refractivity contribution in [3.63, 3.8) is 0 Å². The molecule has 110 valence electrons. The number of hydrogen-bond donors (Lipinski definition) is 0. The van der Waals surface area contributed by atoms with E-state index in [9.17, 15) is 0 Å². The van der Waals surface area contributed by atoms with Crippen LogP contribution in [0, 0.1) is 19.8 Å². The van der Waals surface area contributed by atoms with Gasteiger partial charge in [-0.2, -0.15) is 0 Å².